The van der Waals surface area contributed by atoms with Crippen molar-refractivity contribution in [2.75, 3.05) is 39.3 Å². The second kappa shape index (κ2) is 6.37. The average Bonchev–Trinajstić information content (AvgIpc) is 2.92. The second-order valence-electron chi connectivity index (χ2n) is 5.56. The first-order valence-electron chi connectivity index (χ1n) is 7.49. The predicted molar refractivity (Wildman–Crippen MR) is 77.4 cm³/mol. The molecule has 2 fully saturated rings. The smallest absolute Gasteiger partial charge is 0.222 e. The molecule has 1 amide bonds. The van der Waals surface area contributed by atoms with Crippen LogP contribution in [-0.4, -0.2) is 55.0 Å². The van der Waals surface area contributed by atoms with Crippen molar-refractivity contribution >= 4 is 5.91 Å². The van der Waals surface area contributed by atoms with Crippen LogP contribution in [0.15, 0.2) is 30.3 Å². The van der Waals surface area contributed by atoms with Crippen LogP contribution in [0.5, 0.6) is 0 Å². The zero-order chi connectivity index (χ0) is 13.8. The van der Waals surface area contributed by atoms with Crippen molar-refractivity contribution in [1.82, 2.24) is 9.80 Å². The van der Waals surface area contributed by atoms with Crippen LogP contribution >= 0.6 is 0 Å². The molecular weight excluding hydrogens is 252 g/mol. The van der Waals surface area contributed by atoms with E-state index in [0.717, 1.165) is 52.2 Å². The number of ether oxygens (including phenoxy) is 1. The predicted octanol–water partition coefficient (Wildman–Crippen LogP) is 1.68. The van der Waals surface area contributed by atoms with Crippen LogP contribution in [0, 0.1) is 0 Å². The maximum Gasteiger partial charge on any atom is 0.222 e. The highest BCUT2D eigenvalue weighted by atomic mass is 16.5. The van der Waals surface area contributed by atoms with Gasteiger partial charge in [-0.05, 0) is 12.0 Å². The van der Waals surface area contributed by atoms with Gasteiger partial charge in [0.15, 0.2) is 0 Å². The molecule has 3 rings (SSSR count). The number of carbonyl (C=O) groups excluding carboxylic acids is 1. The molecule has 0 aromatic heterocycles. The lowest BCUT2D eigenvalue weighted by atomic mass is 10.1. The molecule has 0 aliphatic carbocycles. The van der Waals surface area contributed by atoms with Gasteiger partial charge in [0, 0.05) is 39.1 Å². The summed E-state index contributed by atoms with van der Waals surface area (Å²) < 4.78 is 5.86. The molecule has 0 N–H and O–H groups in total. The number of rotatable bonds is 4. The number of likely N-dealkylation sites (tertiary alicyclic amines) is 1. The van der Waals surface area contributed by atoms with Gasteiger partial charge in [-0.25, -0.2) is 0 Å². The highest BCUT2D eigenvalue weighted by Crippen LogP contribution is 2.21. The Bertz CT molecular complexity index is 449. The Morgan fingerprint density at radius 3 is 2.75 bits per heavy atom. The molecule has 20 heavy (non-hydrogen) atoms. The van der Waals surface area contributed by atoms with Gasteiger partial charge < -0.3 is 9.64 Å². The molecule has 1 aromatic carbocycles. The lowest BCUT2D eigenvalue weighted by molar-refractivity contribution is -0.128. The van der Waals surface area contributed by atoms with Crippen molar-refractivity contribution in [3.63, 3.8) is 0 Å². The van der Waals surface area contributed by atoms with Crippen molar-refractivity contribution in [2.45, 2.75) is 18.9 Å². The summed E-state index contributed by atoms with van der Waals surface area (Å²) in [6.07, 6.45) is 1.92. The van der Waals surface area contributed by atoms with Crippen LogP contribution in [0.4, 0.5) is 0 Å². The molecule has 1 aromatic rings. The van der Waals surface area contributed by atoms with Gasteiger partial charge in [-0.2, -0.15) is 0 Å². The van der Waals surface area contributed by atoms with Gasteiger partial charge >= 0.3 is 0 Å². The number of hydrogen-bond donors (Lipinski definition) is 0. The molecule has 1 atom stereocenters. The zero-order valence-corrected chi connectivity index (χ0v) is 11.8. The maximum atomic E-state index is 11.6. The van der Waals surface area contributed by atoms with E-state index in [1.165, 1.54) is 5.56 Å². The van der Waals surface area contributed by atoms with E-state index >= 15 is 0 Å². The molecule has 2 aliphatic heterocycles. The normalized spacial score (nSPS) is 24.3. The maximum absolute atomic E-state index is 11.6. The Balaban J connectivity index is 1.52. The lowest BCUT2D eigenvalue weighted by Crippen LogP contribution is -2.42. The summed E-state index contributed by atoms with van der Waals surface area (Å²) in [6, 6.07) is 10.4. The van der Waals surface area contributed by atoms with Gasteiger partial charge in [-0.3, -0.25) is 9.69 Å². The minimum Gasteiger partial charge on any atom is -0.371 e. The Labute approximate surface area is 120 Å². The number of carbonyl (C=O) groups is 1. The highest BCUT2D eigenvalue weighted by molar-refractivity contribution is 5.78. The lowest BCUT2D eigenvalue weighted by Gasteiger charge is -2.34. The SMILES string of the molecule is O=C1CCCN1CCN1CCOC(c2ccccc2)C1. The van der Waals surface area contributed by atoms with Gasteiger partial charge in [-0.15, -0.1) is 0 Å². The van der Waals surface area contributed by atoms with Crippen molar-refractivity contribution in [1.29, 1.82) is 0 Å². The van der Waals surface area contributed by atoms with E-state index in [-0.39, 0.29) is 6.10 Å². The van der Waals surface area contributed by atoms with Gasteiger partial charge in [0.25, 0.3) is 0 Å². The summed E-state index contributed by atoms with van der Waals surface area (Å²) in [6.45, 7) is 5.41. The number of morpholine rings is 1. The van der Waals surface area contributed by atoms with E-state index in [9.17, 15) is 4.79 Å². The molecule has 4 heteroatoms. The van der Waals surface area contributed by atoms with Crippen molar-refractivity contribution < 1.29 is 9.53 Å². The quantitative estimate of drug-likeness (QED) is 0.837. The van der Waals surface area contributed by atoms with Crippen molar-refractivity contribution in [3.05, 3.63) is 35.9 Å². The Morgan fingerprint density at radius 1 is 1.15 bits per heavy atom. The Hall–Kier alpha value is -1.39. The third-order valence-electron chi connectivity index (χ3n) is 4.18. The fraction of sp³-hybridized carbons (Fsp3) is 0.562. The first kappa shape index (κ1) is 13.6. The first-order valence-corrected chi connectivity index (χ1v) is 7.49. The minimum absolute atomic E-state index is 0.166. The fourth-order valence-electron chi connectivity index (χ4n) is 2.98. The van der Waals surface area contributed by atoms with E-state index in [1.807, 2.05) is 11.0 Å². The third kappa shape index (κ3) is 3.19. The Kier molecular flexibility index (Phi) is 4.33. The van der Waals surface area contributed by atoms with E-state index in [1.54, 1.807) is 0 Å². The average molecular weight is 274 g/mol. The highest BCUT2D eigenvalue weighted by Gasteiger charge is 2.24. The third-order valence-corrected chi connectivity index (χ3v) is 4.18. The fourth-order valence-corrected chi connectivity index (χ4v) is 2.98. The van der Waals surface area contributed by atoms with E-state index in [0.29, 0.717) is 5.91 Å². The molecule has 2 heterocycles. The van der Waals surface area contributed by atoms with Crippen molar-refractivity contribution in [2.24, 2.45) is 0 Å². The molecule has 0 radical (unpaired) electrons. The van der Waals surface area contributed by atoms with Crippen LogP contribution in [0.25, 0.3) is 0 Å². The molecule has 0 spiro atoms. The summed E-state index contributed by atoms with van der Waals surface area (Å²) in [5.74, 6) is 0.317. The summed E-state index contributed by atoms with van der Waals surface area (Å²) in [5, 5.41) is 0. The summed E-state index contributed by atoms with van der Waals surface area (Å²) in [7, 11) is 0. The minimum atomic E-state index is 0.166. The Morgan fingerprint density at radius 2 is 2.00 bits per heavy atom. The number of hydrogen-bond acceptors (Lipinski definition) is 3. The van der Waals surface area contributed by atoms with E-state index < -0.39 is 0 Å². The van der Waals surface area contributed by atoms with Crippen LogP contribution in [0.3, 0.4) is 0 Å². The molecule has 2 saturated heterocycles. The number of benzene rings is 1. The van der Waals surface area contributed by atoms with E-state index in [2.05, 4.69) is 29.2 Å². The molecule has 0 saturated carbocycles. The van der Waals surface area contributed by atoms with E-state index in [4.69, 9.17) is 4.74 Å². The van der Waals surface area contributed by atoms with Crippen LogP contribution in [0.1, 0.15) is 24.5 Å². The number of nitrogens with zero attached hydrogens (tertiary/aromatic N) is 2. The van der Waals surface area contributed by atoms with Gasteiger partial charge in [-0.1, -0.05) is 30.3 Å². The largest absolute Gasteiger partial charge is 0.371 e. The molecule has 108 valence electrons. The number of amides is 1. The van der Waals surface area contributed by atoms with Gasteiger partial charge in [0.1, 0.15) is 0 Å². The standard InChI is InChI=1S/C16H22N2O2/c19-16-7-4-8-18(16)10-9-17-11-12-20-15(13-17)14-5-2-1-3-6-14/h1-3,5-6,15H,4,7-13H2. The van der Waals surface area contributed by atoms with Gasteiger partial charge in [0.05, 0.1) is 12.7 Å². The zero-order valence-electron chi connectivity index (χ0n) is 11.8. The topological polar surface area (TPSA) is 32.8 Å². The molecule has 2 aliphatic rings. The van der Waals surface area contributed by atoms with Crippen LogP contribution < -0.4 is 0 Å². The summed E-state index contributed by atoms with van der Waals surface area (Å²) in [5.41, 5.74) is 1.24. The molecule has 0 bridgehead atoms. The van der Waals surface area contributed by atoms with Gasteiger partial charge in [0.2, 0.25) is 5.91 Å². The van der Waals surface area contributed by atoms with Crippen LogP contribution in [-0.2, 0) is 9.53 Å². The molecule has 4 nitrogen and oxygen atoms in total. The van der Waals surface area contributed by atoms with Crippen molar-refractivity contribution in [3.8, 4) is 0 Å². The molecular formula is C16H22N2O2. The first-order chi connectivity index (χ1) is 9.83. The van der Waals surface area contributed by atoms with Crippen LogP contribution in [0.2, 0.25) is 0 Å². The molecule has 1 unspecified atom stereocenters. The monoisotopic (exact) mass is 274 g/mol. The summed E-state index contributed by atoms with van der Waals surface area (Å²) in [4.78, 5) is 16.0. The second-order valence-corrected chi connectivity index (χ2v) is 5.56. The summed E-state index contributed by atoms with van der Waals surface area (Å²) >= 11 is 0.